The summed E-state index contributed by atoms with van der Waals surface area (Å²) in [6.45, 7) is 3.79. The molecule has 3 aliphatic rings. The number of carbonyl (C=O) groups excluding carboxylic acids is 3. The average Bonchev–Trinajstić information content (AvgIpc) is 3.53. The van der Waals surface area contributed by atoms with Gasteiger partial charge in [0.25, 0.3) is 5.91 Å². The monoisotopic (exact) mass is 508 g/mol. The molecule has 0 radical (unpaired) electrons. The van der Waals surface area contributed by atoms with Gasteiger partial charge in [-0.15, -0.1) is 0 Å². The van der Waals surface area contributed by atoms with Gasteiger partial charge in [-0.2, -0.15) is 10.2 Å². The third-order valence-corrected chi connectivity index (χ3v) is 6.77. The maximum atomic E-state index is 13.6. The summed E-state index contributed by atoms with van der Waals surface area (Å²) in [6.07, 6.45) is 2.96. The van der Waals surface area contributed by atoms with E-state index in [1.165, 1.54) is 24.5 Å². The lowest BCUT2D eigenvalue weighted by molar-refractivity contribution is 0.0937. The first-order valence-corrected chi connectivity index (χ1v) is 12.3. The molecule has 1 fully saturated rings. The van der Waals surface area contributed by atoms with Crippen LogP contribution in [0.4, 0.5) is 16.2 Å². The molecule has 6 rings (SSSR count). The van der Waals surface area contributed by atoms with Crippen LogP contribution in [0.3, 0.4) is 0 Å². The molecule has 1 saturated heterocycles. The summed E-state index contributed by atoms with van der Waals surface area (Å²) >= 11 is 0. The van der Waals surface area contributed by atoms with Crippen molar-refractivity contribution in [1.29, 1.82) is 0 Å². The molecule has 11 heteroatoms. The van der Waals surface area contributed by atoms with Crippen LogP contribution in [0.2, 0.25) is 0 Å². The van der Waals surface area contributed by atoms with Gasteiger partial charge in [0.2, 0.25) is 0 Å². The summed E-state index contributed by atoms with van der Waals surface area (Å²) in [5.41, 5.74) is 9.35. The van der Waals surface area contributed by atoms with Crippen LogP contribution in [-0.4, -0.2) is 48.9 Å². The van der Waals surface area contributed by atoms with Crippen LogP contribution in [0.25, 0.3) is 5.70 Å². The molecule has 1 aromatic heterocycles. The van der Waals surface area contributed by atoms with Crippen LogP contribution >= 0.6 is 0 Å². The summed E-state index contributed by atoms with van der Waals surface area (Å²) in [5, 5.41) is 14.8. The fourth-order valence-electron chi connectivity index (χ4n) is 4.91. The van der Waals surface area contributed by atoms with E-state index in [-0.39, 0.29) is 5.78 Å². The SMILES string of the molecule is O=C(NNC(=O)c1ccncc1)Nc1cccc2c1C(=O)C1=C(c3ccc(N4CCNCC4)cc3)N=NC12. The molecule has 2 aliphatic heterocycles. The highest BCUT2D eigenvalue weighted by Crippen LogP contribution is 2.49. The number of hydrogen-bond acceptors (Lipinski definition) is 8. The lowest BCUT2D eigenvalue weighted by Gasteiger charge is -2.29. The molecule has 3 heterocycles. The zero-order valence-corrected chi connectivity index (χ0v) is 20.3. The number of benzene rings is 2. The standard InChI is InChI=1S/C27H24N8O3/c36-25-21-19(2-1-3-20(21)30-27(38)34-33-26(37)17-8-10-28-11-9-17)24-22(25)23(31-32-24)16-4-6-18(7-5-16)35-14-12-29-13-15-35/h1-11,24,29H,12-15H2,(H,33,37)(H2,30,34,38). The predicted molar refractivity (Wildman–Crippen MR) is 141 cm³/mol. The Bertz CT molecular complexity index is 1480. The van der Waals surface area contributed by atoms with Crippen LogP contribution in [-0.2, 0) is 0 Å². The van der Waals surface area contributed by atoms with Gasteiger partial charge in [0.05, 0.1) is 16.8 Å². The van der Waals surface area contributed by atoms with E-state index in [2.05, 4.69) is 41.6 Å². The van der Waals surface area contributed by atoms with Crippen molar-refractivity contribution in [3.63, 3.8) is 0 Å². The molecule has 3 amide bonds. The first kappa shape index (κ1) is 23.5. The topological polar surface area (TPSA) is 140 Å². The molecule has 0 spiro atoms. The molecule has 0 saturated carbocycles. The Morgan fingerprint density at radius 1 is 0.947 bits per heavy atom. The number of rotatable bonds is 4. The third-order valence-electron chi connectivity index (χ3n) is 6.77. The first-order chi connectivity index (χ1) is 18.6. The average molecular weight is 509 g/mol. The van der Waals surface area contributed by atoms with Crippen LogP contribution < -0.4 is 26.4 Å². The largest absolute Gasteiger partial charge is 0.369 e. The van der Waals surface area contributed by atoms with Gasteiger partial charge in [-0.1, -0.05) is 24.3 Å². The van der Waals surface area contributed by atoms with Crippen LogP contribution in [0.5, 0.6) is 0 Å². The number of Topliss-reactive ketones (excluding diaryl/α,β-unsaturated/α-hetero) is 1. The Morgan fingerprint density at radius 3 is 2.47 bits per heavy atom. The van der Waals surface area contributed by atoms with Crippen molar-refractivity contribution in [1.82, 2.24) is 21.2 Å². The van der Waals surface area contributed by atoms with Gasteiger partial charge in [0.1, 0.15) is 11.7 Å². The maximum Gasteiger partial charge on any atom is 0.337 e. The van der Waals surface area contributed by atoms with E-state index in [0.29, 0.717) is 33.6 Å². The fourth-order valence-corrected chi connectivity index (χ4v) is 4.91. The minimum absolute atomic E-state index is 0.229. The number of azo groups is 1. The van der Waals surface area contributed by atoms with Crippen molar-refractivity contribution in [3.8, 4) is 0 Å². The molecule has 1 aliphatic carbocycles. The van der Waals surface area contributed by atoms with Crippen molar-refractivity contribution >= 4 is 34.8 Å². The van der Waals surface area contributed by atoms with E-state index >= 15 is 0 Å². The van der Waals surface area contributed by atoms with E-state index in [0.717, 1.165) is 37.4 Å². The molecule has 38 heavy (non-hydrogen) atoms. The molecular formula is C27H24N8O3. The van der Waals surface area contributed by atoms with Crippen molar-refractivity contribution in [2.24, 2.45) is 10.2 Å². The Morgan fingerprint density at radius 2 is 1.71 bits per heavy atom. The molecule has 190 valence electrons. The Kier molecular flexibility index (Phi) is 6.10. The number of ketones is 1. The van der Waals surface area contributed by atoms with E-state index in [1.807, 2.05) is 30.3 Å². The molecule has 1 unspecified atom stereocenters. The number of nitrogens with one attached hydrogen (secondary N) is 4. The molecule has 2 aromatic carbocycles. The highest BCUT2D eigenvalue weighted by molar-refractivity contribution is 6.22. The summed E-state index contributed by atoms with van der Waals surface area (Å²) in [7, 11) is 0. The molecule has 3 aromatic rings. The van der Waals surface area contributed by atoms with Gasteiger partial charge in [0.15, 0.2) is 5.78 Å². The lowest BCUT2D eigenvalue weighted by atomic mass is 10.0. The quantitative estimate of drug-likeness (QED) is 0.399. The number of pyridine rings is 1. The summed E-state index contributed by atoms with van der Waals surface area (Å²) < 4.78 is 0. The molecule has 0 bridgehead atoms. The van der Waals surface area contributed by atoms with Gasteiger partial charge < -0.3 is 15.5 Å². The maximum absolute atomic E-state index is 13.6. The van der Waals surface area contributed by atoms with Crippen LogP contribution in [0.15, 0.2) is 82.8 Å². The van der Waals surface area contributed by atoms with Crippen molar-refractivity contribution in [2.75, 3.05) is 36.4 Å². The Hall–Kier alpha value is -4.90. The van der Waals surface area contributed by atoms with Crippen LogP contribution in [0.1, 0.15) is 37.9 Å². The third kappa shape index (κ3) is 4.28. The van der Waals surface area contributed by atoms with E-state index in [4.69, 9.17) is 0 Å². The predicted octanol–water partition coefficient (Wildman–Crippen LogP) is 3.07. The van der Waals surface area contributed by atoms with Crippen LogP contribution in [0, 0.1) is 0 Å². The number of urea groups is 1. The van der Waals surface area contributed by atoms with Gasteiger partial charge in [0, 0.05) is 55.4 Å². The number of hydrazine groups is 1. The number of anilines is 2. The number of carbonyl (C=O) groups is 3. The Labute approximate surface area is 218 Å². The fraction of sp³-hybridized carbons (Fsp3) is 0.185. The molecule has 11 nitrogen and oxygen atoms in total. The second-order valence-corrected chi connectivity index (χ2v) is 9.03. The number of fused-ring (bicyclic) bond motifs is 3. The highest BCUT2D eigenvalue weighted by Gasteiger charge is 2.42. The summed E-state index contributed by atoms with van der Waals surface area (Å²) in [5.74, 6) is -0.725. The normalized spacial score (nSPS) is 17.7. The minimum Gasteiger partial charge on any atom is -0.369 e. The van der Waals surface area contributed by atoms with E-state index in [1.54, 1.807) is 12.1 Å². The number of amides is 3. The summed E-state index contributed by atoms with van der Waals surface area (Å²) in [4.78, 5) is 44.5. The highest BCUT2D eigenvalue weighted by atomic mass is 16.2. The smallest absolute Gasteiger partial charge is 0.337 e. The number of aromatic nitrogens is 1. The van der Waals surface area contributed by atoms with E-state index < -0.39 is 18.0 Å². The number of hydrogen-bond donors (Lipinski definition) is 4. The number of nitrogens with zero attached hydrogens (tertiary/aromatic N) is 4. The second kappa shape index (κ2) is 9.87. The van der Waals surface area contributed by atoms with E-state index in [9.17, 15) is 14.4 Å². The van der Waals surface area contributed by atoms with Gasteiger partial charge in [-0.05, 0) is 35.9 Å². The second-order valence-electron chi connectivity index (χ2n) is 9.03. The minimum atomic E-state index is -0.690. The van der Waals surface area contributed by atoms with Gasteiger partial charge in [-0.3, -0.25) is 20.0 Å². The van der Waals surface area contributed by atoms with Crippen molar-refractivity contribution in [2.45, 2.75) is 6.04 Å². The lowest BCUT2D eigenvalue weighted by Crippen LogP contribution is -2.44. The van der Waals surface area contributed by atoms with Gasteiger partial charge >= 0.3 is 6.03 Å². The zero-order chi connectivity index (χ0) is 26.1. The van der Waals surface area contributed by atoms with Gasteiger partial charge in [-0.25, -0.2) is 10.2 Å². The molecule has 1 atom stereocenters. The van der Waals surface area contributed by atoms with Crippen molar-refractivity contribution < 1.29 is 14.4 Å². The molecule has 4 N–H and O–H groups in total. The zero-order valence-electron chi connectivity index (χ0n) is 20.3. The number of piperazine rings is 1. The first-order valence-electron chi connectivity index (χ1n) is 12.3. The summed E-state index contributed by atoms with van der Waals surface area (Å²) in [6, 6.07) is 15.1. The molecular weight excluding hydrogens is 484 g/mol. The Balaban J connectivity index is 1.20. The van der Waals surface area contributed by atoms with Crippen molar-refractivity contribution in [3.05, 3.63) is 94.8 Å².